The van der Waals surface area contributed by atoms with E-state index in [4.69, 9.17) is 4.98 Å². The van der Waals surface area contributed by atoms with Crippen molar-refractivity contribution in [1.82, 2.24) is 14.9 Å². The largest absolute Gasteiger partial charge is 0.342 e. The fourth-order valence-corrected chi connectivity index (χ4v) is 3.39. The first kappa shape index (κ1) is 13.5. The second kappa shape index (κ2) is 5.58. The number of imidazole rings is 1. The number of aromatic nitrogens is 2. The van der Waals surface area contributed by atoms with Crippen LogP contribution in [0.4, 0.5) is 0 Å². The Morgan fingerprint density at radius 3 is 2.82 bits per heavy atom. The van der Waals surface area contributed by atoms with Gasteiger partial charge in [0.15, 0.2) is 0 Å². The Labute approximate surface area is 131 Å². The third-order valence-electron chi connectivity index (χ3n) is 4.72. The fourth-order valence-electron chi connectivity index (χ4n) is 3.39. The summed E-state index contributed by atoms with van der Waals surface area (Å²) in [5.74, 6) is 1.67. The molecule has 0 unspecified atom stereocenters. The van der Waals surface area contributed by atoms with Crippen molar-refractivity contribution in [3.05, 3.63) is 65.5 Å². The minimum absolute atomic E-state index is 0.524. The summed E-state index contributed by atoms with van der Waals surface area (Å²) in [5.41, 5.74) is 5.05. The lowest BCUT2D eigenvalue weighted by atomic mass is 10.1. The minimum Gasteiger partial charge on any atom is -0.342 e. The van der Waals surface area contributed by atoms with Crippen molar-refractivity contribution >= 4 is 11.0 Å². The lowest BCUT2D eigenvalue weighted by Gasteiger charge is -2.17. The SMILES string of the molecule is Cc1ccccc1CN1CC[C@H](c2nc3ccccc3[nH]2)C1. The second-order valence-corrected chi connectivity index (χ2v) is 6.29. The average molecular weight is 291 g/mol. The molecular formula is C19H21N3. The van der Waals surface area contributed by atoms with Crippen LogP contribution in [0.2, 0.25) is 0 Å². The van der Waals surface area contributed by atoms with Crippen LogP contribution in [0, 0.1) is 6.92 Å². The van der Waals surface area contributed by atoms with Gasteiger partial charge in [0, 0.05) is 19.0 Å². The molecule has 0 aliphatic carbocycles. The Morgan fingerprint density at radius 2 is 1.95 bits per heavy atom. The van der Waals surface area contributed by atoms with Crippen molar-refractivity contribution in [2.75, 3.05) is 13.1 Å². The maximum Gasteiger partial charge on any atom is 0.111 e. The highest BCUT2D eigenvalue weighted by Gasteiger charge is 2.26. The van der Waals surface area contributed by atoms with E-state index in [0.29, 0.717) is 5.92 Å². The first-order valence-corrected chi connectivity index (χ1v) is 8.01. The fraction of sp³-hybridized carbons (Fsp3) is 0.316. The topological polar surface area (TPSA) is 31.9 Å². The minimum atomic E-state index is 0.524. The van der Waals surface area contributed by atoms with Gasteiger partial charge in [-0.25, -0.2) is 4.98 Å². The number of H-pyrrole nitrogens is 1. The van der Waals surface area contributed by atoms with Crippen LogP contribution in [0.3, 0.4) is 0 Å². The third-order valence-corrected chi connectivity index (χ3v) is 4.72. The zero-order valence-electron chi connectivity index (χ0n) is 12.9. The summed E-state index contributed by atoms with van der Waals surface area (Å²) in [6.45, 7) is 5.48. The van der Waals surface area contributed by atoms with Gasteiger partial charge in [0.2, 0.25) is 0 Å². The van der Waals surface area contributed by atoms with Crippen LogP contribution in [-0.2, 0) is 6.54 Å². The molecule has 3 heteroatoms. The zero-order chi connectivity index (χ0) is 14.9. The molecule has 0 bridgehead atoms. The summed E-state index contributed by atoms with van der Waals surface area (Å²) in [4.78, 5) is 10.8. The molecule has 0 amide bonds. The van der Waals surface area contributed by atoms with Gasteiger partial charge in [-0.05, 0) is 43.1 Å². The number of fused-ring (bicyclic) bond motifs is 1. The van der Waals surface area contributed by atoms with Crippen molar-refractivity contribution in [2.45, 2.75) is 25.8 Å². The molecule has 4 rings (SSSR count). The summed E-state index contributed by atoms with van der Waals surface area (Å²) in [6, 6.07) is 17.0. The number of para-hydroxylation sites is 2. The predicted octanol–water partition coefficient (Wildman–Crippen LogP) is 3.86. The smallest absolute Gasteiger partial charge is 0.111 e. The van der Waals surface area contributed by atoms with E-state index >= 15 is 0 Å². The van der Waals surface area contributed by atoms with Gasteiger partial charge < -0.3 is 4.98 Å². The monoisotopic (exact) mass is 291 g/mol. The van der Waals surface area contributed by atoms with Crippen LogP contribution >= 0.6 is 0 Å². The molecule has 0 spiro atoms. The number of nitrogens with one attached hydrogen (secondary N) is 1. The zero-order valence-corrected chi connectivity index (χ0v) is 12.9. The number of rotatable bonds is 3. The molecule has 0 radical (unpaired) electrons. The van der Waals surface area contributed by atoms with Gasteiger partial charge in [-0.1, -0.05) is 36.4 Å². The maximum atomic E-state index is 4.77. The van der Waals surface area contributed by atoms with Gasteiger partial charge in [-0.2, -0.15) is 0 Å². The third kappa shape index (κ3) is 2.53. The molecule has 1 aliphatic rings. The van der Waals surface area contributed by atoms with Crippen LogP contribution < -0.4 is 0 Å². The summed E-state index contributed by atoms with van der Waals surface area (Å²) >= 11 is 0. The summed E-state index contributed by atoms with van der Waals surface area (Å²) in [6.07, 6.45) is 1.19. The van der Waals surface area contributed by atoms with Crippen LogP contribution in [0.1, 0.15) is 29.3 Å². The van der Waals surface area contributed by atoms with Crippen molar-refractivity contribution in [2.24, 2.45) is 0 Å². The Bertz CT molecular complexity index is 757. The van der Waals surface area contributed by atoms with Gasteiger partial charge in [-0.3, -0.25) is 4.90 Å². The first-order chi connectivity index (χ1) is 10.8. The summed E-state index contributed by atoms with van der Waals surface area (Å²) in [7, 11) is 0. The molecule has 1 aromatic heterocycles. The number of nitrogens with zero attached hydrogens (tertiary/aromatic N) is 2. The Hall–Kier alpha value is -2.13. The van der Waals surface area contributed by atoms with Crippen LogP contribution in [-0.4, -0.2) is 28.0 Å². The van der Waals surface area contributed by atoms with Crippen molar-refractivity contribution in [3.63, 3.8) is 0 Å². The molecule has 1 fully saturated rings. The van der Waals surface area contributed by atoms with E-state index in [1.54, 1.807) is 0 Å². The van der Waals surface area contributed by atoms with Gasteiger partial charge >= 0.3 is 0 Å². The summed E-state index contributed by atoms with van der Waals surface area (Å²) < 4.78 is 0. The van der Waals surface area contributed by atoms with E-state index in [1.165, 1.54) is 17.5 Å². The van der Waals surface area contributed by atoms with Crippen molar-refractivity contribution in [1.29, 1.82) is 0 Å². The normalized spacial score (nSPS) is 19.0. The van der Waals surface area contributed by atoms with Crippen LogP contribution in [0.25, 0.3) is 11.0 Å². The van der Waals surface area contributed by atoms with E-state index in [9.17, 15) is 0 Å². The first-order valence-electron chi connectivity index (χ1n) is 8.01. The summed E-state index contributed by atoms with van der Waals surface area (Å²) in [5, 5.41) is 0. The Kier molecular flexibility index (Phi) is 3.43. The highest BCUT2D eigenvalue weighted by molar-refractivity contribution is 5.74. The van der Waals surface area contributed by atoms with E-state index in [0.717, 1.165) is 36.5 Å². The molecule has 2 heterocycles. The van der Waals surface area contributed by atoms with Gasteiger partial charge in [0.25, 0.3) is 0 Å². The highest BCUT2D eigenvalue weighted by Crippen LogP contribution is 2.28. The van der Waals surface area contributed by atoms with E-state index < -0.39 is 0 Å². The van der Waals surface area contributed by atoms with Crippen molar-refractivity contribution < 1.29 is 0 Å². The highest BCUT2D eigenvalue weighted by atomic mass is 15.2. The Morgan fingerprint density at radius 1 is 1.14 bits per heavy atom. The molecule has 112 valence electrons. The number of hydrogen-bond acceptors (Lipinski definition) is 2. The van der Waals surface area contributed by atoms with Gasteiger partial charge in [-0.15, -0.1) is 0 Å². The number of aryl methyl sites for hydroxylation is 1. The van der Waals surface area contributed by atoms with Gasteiger partial charge in [0.05, 0.1) is 11.0 Å². The number of aromatic amines is 1. The molecule has 1 aliphatic heterocycles. The molecule has 2 aromatic carbocycles. The lowest BCUT2D eigenvalue weighted by Crippen LogP contribution is -2.20. The molecule has 1 N–H and O–H groups in total. The molecule has 0 saturated carbocycles. The van der Waals surface area contributed by atoms with Crippen molar-refractivity contribution in [3.8, 4) is 0 Å². The lowest BCUT2D eigenvalue weighted by molar-refractivity contribution is 0.325. The number of likely N-dealkylation sites (tertiary alicyclic amines) is 1. The second-order valence-electron chi connectivity index (χ2n) is 6.29. The molecule has 3 nitrogen and oxygen atoms in total. The number of hydrogen-bond donors (Lipinski definition) is 1. The average Bonchev–Trinajstić information content (AvgIpc) is 3.15. The van der Waals surface area contributed by atoms with Gasteiger partial charge in [0.1, 0.15) is 5.82 Å². The molecule has 1 atom stereocenters. The van der Waals surface area contributed by atoms with E-state index in [2.05, 4.69) is 59.3 Å². The molecule has 1 saturated heterocycles. The predicted molar refractivity (Wildman–Crippen MR) is 89.9 cm³/mol. The van der Waals surface area contributed by atoms with E-state index in [-0.39, 0.29) is 0 Å². The standard InChI is InChI=1S/C19H21N3/c1-14-6-2-3-7-15(14)12-22-11-10-16(13-22)19-20-17-8-4-5-9-18(17)21-19/h2-9,16H,10-13H2,1H3,(H,20,21)/t16-/m0/s1. The molecule has 22 heavy (non-hydrogen) atoms. The van der Waals surface area contributed by atoms with Crippen LogP contribution in [0.5, 0.6) is 0 Å². The maximum absolute atomic E-state index is 4.77. The number of benzene rings is 2. The van der Waals surface area contributed by atoms with Crippen LogP contribution in [0.15, 0.2) is 48.5 Å². The van der Waals surface area contributed by atoms with E-state index in [1.807, 2.05) is 6.07 Å². The molecular weight excluding hydrogens is 270 g/mol. The molecule has 3 aromatic rings. The quantitative estimate of drug-likeness (QED) is 0.794. The Balaban J connectivity index is 1.49.